The quantitative estimate of drug-likeness (QED) is 0.893. The van der Waals surface area contributed by atoms with E-state index in [2.05, 4.69) is 11.6 Å². The summed E-state index contributed by atoms with van der Waals surface area (Å²) in [6.45, 7) is 3.64. The van der Waals surface area contributed by atoms with Crippen molar-refractivity contribution >= 4 is 12.3 Å². The van der Waals surface area contributed by atoms with Crippen molar-refractivity contribution in [2.24, 2.45) is 7.05 Å². The summed E-state index contributed by atoms with van der Waals surface area (Å²) < 4.78 is 14.3. The number of aryl methyl sites for hydroxylation is 2. The molecular formula is C15H15FN2O2. The Labute approximate surface area is 115 Å². The number of nitrogens with zero attached hydrogens (tertiary/aromatic N) is 2. The lowest BCUT2D eigenvalue weighted by Gasteiger charge is -2.02. The van der Waals surface area contributed by atoms with Crippen LogP contribution in [-0.2, 0) is 13.5 Å². The number of benzene rings is 1. The third-order valence-electron chi connectivity index (χ3n) is 3.10. The second-order valence-electron chi connectivity index (χ2n) is 4.55. The summed E-state index contributed by atoms with van der Waals surface area (Å²) in [6.07, 6.45) is 2.20. The fraction of sp³-hybridized carbons (Fsp3) is 0.200. The molecule has 0 unspecified atom stereocenters. The van der Waals surface area contributed by atoms with Gasteiger partial charge in [0.2, 0.25) is 5.43 Å². The minimum Gasteiger partial charge on any atom is -0.510 e. The van der Waals surface area contributed by atoms with Gasteiger partial charge in [0.25, 0.3) is 0 Å². The highest BCUT2D eigenvalue weighted by Gasteiger charge is 2.03. The Hall–Kier alpha value is -2.43. The SMILES string of the molecule is C=c1c(=O)c(=C(O)CCc2ccc(F)cc2)ncn1C. The van der Waals surface area contributed by atoms with Crippen LogP contribution in [0.15, 0.2) is 35.4 Å². The molecule has 0 bridgehead atoms. The number of halogens is 1. The molecule has 5 heteroatoms. The number of rotatable bonds is 3. The van der Waals surface area contributed by atoms with Crippen molar-refractivity contribution < 1.29 is 9.50 Å². The second kappa shape index (κ2) is 5.69. The standard InChI is InChI=1S/C15H15FN2O2/c1-10-15(20)14(17-9-18(10)2)13(19)8-5-11-3-6-12(16)7-4-11/h3-4,6-7,9,19H,1,5,8H2,2H3. The molecule has 0 spiro atoms. The van der Waals surface area contributed by atoms with Crippen LogP contribution in [0.25, 0.3) is 12.3 Å². The summed E-state index contributed by atoms with van der Waals surface area (Å²) in [6, 6.07) is 6.01. The third-order valence-corrected chi connectivity index (χ3v) is 3.10. The molecule has 1 N–H and O–H groups in total. The van der Waals surface area contributed by atoms with E-state index >= 15 is 0 Å². The molecule has 0 aliphatic heterocycles. The van der Waals surface area contributed by atoms with E-state index in [-0.39, 0.29) is 34.1 Å². The molecule has 4 nitrogen and oxygen atoms in total. The summed E-state index contributed by atoms with van der Waals surface area (Å²) in [5.74, 6) is -0.382. The highest BCUT2D eigenvalue weighted by atomic mass is 19.1. The Morgan fingerprint density at radius 1 is 1.40 bits per heavy atom. The Morgan fingerprint density at radius 3 is 2.70 bits per heavy atom. The number of aliphatic hydroxyl groups is 1. The van der Waals surface area contributed by atoms with Gasteiger partial charge in [-0.1, -0.05) is 18.7 Å². The molecule has 0 radical (unpaired) electrons. The first kappa shape index (κ1) is 14.0. The lowest BCUT2D eigenvalue weighted by Crippen LogP contribution is -2.45. The Balaban J connectivity index is 2.28. The van der Waals surface area contributed by atoms with Gasteiger partial charge >= 0.3 is 0 Å². The highest BCUT2D eigenvalue weighted by molar-refractivity contribution is 5.33. The monoisotopic (exact) mass is 274 g/mol. The molecule has 1 aromatic heterocycles. The average Bonchev–Trinajstić information content (AvgIpc) is 2.44. The van der Waals surface area contributed by atoms with E-state index in [1.165, 1.54) is 23.0 Å². The number of hydrogen-bond donors (Lipinski definition) is 1. The van der Waals surface area contributed by atoms with E-state index in [1.54, 1.807) is 19.2 Å². The number of hydrogen-bond acceptors (Lipinski definition) is 3. The van der Waals surface area contributed by atoms with Crippen molar-refractivity contribution in [3.63, 3.8) is 0 Å². The van der Waals surface area contributed by atoms with Gasteiger partial charge in [0.05, 0.1) is 11.7 Å². The van der Waals surface area contributed by atoms with Gasteiger partial charge in [-0.05, 0) is 24.1 Å². The third kappa shape index (κ3) is 2.93. The van der Waals surface area contributed by atoms with Crippen molar-refractivity contribution in [1.82, 2.24) is 9.55 Å². The summed E-state index contributed by atoms with van der Waals surface area (Å²) >= 11 is 0. The molecule has 1 heterocycles. The number of aliphatic hydroxyl groups excluding tert-OH is 1. The van der Waals surface area contributed by atoms with Crippen molar-refractivity contribution in [1.29, 1.82) is 0 Å². The van der Waals surface area contributed by atoms with E-state index in [0.717, 1.165) is 5.56 Å². The van der Waals surface area contributed by atoms with E-state index in [4.69, 9.17) is 0 Å². The van der Waals surface area contributed by atoms with Gasteiger partial charge in [-0.3, -0.25) is 4.79 Å². The van der Waals surface area contributed by atoms with Gasteiger partial charge in [0.15, 0.2) is 5.35 Å². The predicted octanol–water partition coefficient (Wildman–Crippen LogP) is 0.629. The molecule has 1 aromatic carbocycles. The van der Waals surface area contributed by atoms with Gasteiger partial charge in [-0.2, -0.15) is 0 Å². The molecule has 0 fully saturated rings. The fourth-order valence-electron chi connectivity index (χ4n) is 1.81. The lowest BCUT2D eigenvalue weighted by atomic mass is 10.1. The Bertz CT molecular complexity index is 779. The Morgan fingerprint density at radius 2 is 2.05 bits per heavy atom. The smallest absolute Gasteiger partial charge is 0.230 e. The molecule has 2 aromatic rings. The lowest BCUT2D eigenvalue weighted by molar-refractivity contribution is 0.474. The van der Waals surface area contributed by atoms with Gasteiger partial charge in [0.1, 0.15) is 11.6 Å². The topological polar surface area (TPSA) is 55.1 Å². The van der Waals surface area contributed by atoms with Crippen LogP contribution >= 0.6 is 0 Å². The van der Waals surface area contributed by atoms with E-state index in [0.29, 0.717) is 6.42 Å². The zero-order chi connectivity index (χ0) is 14.7. The van der Waals surface area contributed by atoms with E-state index < -0.39 is 0 Å². The van der Waals surface area contributed by atoms with Crippen LogP contribution < -0.4 is 16.1 Å². The van der Waals surface area contributed by atoms with Crippen LogP contribution in [0.1, 0.15) is 12.0 Å². The molecule has 0 amide bonds. The molecule has 0 saturated heterocycles. The van der Waals surface area contributed by atoms with Gasteiger partial charge in [-0.25, -0.2) is 9.37 Å². The zero-order valence-corrected chi connectivity index (χ0v) is 11.1. The second-order valence-corrected chi connectivity index (χ2v) is 4.55. The maximum absolute atomic E-state index is 12.8. The van der Waals surface area contributed by atoms with Crippen molar-refractivity contribution in [3.05, 3.63) is 62.9 Å². The van der Waals surface area contributed by atoms with Crippen molar-refractivity contribution in [2.75, 3.05) is 0 Å². The summed E-state index contributed by atoms with van der Waals surface area (Å²) in [5, 5.41) is 10.3. The van der Waals surface area contributed by atoms with E-state index in [9.17, 15) is 14.3 Å². The molecule has 104 valence electrons. The largest absolute Gasteiger partial charge is 0.510 e. The van der Waals surface area contributed by atoms with Crippen LogP contribution in [-0.4, -0.2) is 14.7 Å². The normalized spacial score (nSPS) is 12.3. The molecular weight excluding hydrogens is 259 g/mol. The Kier molecular flexibility index (Phi) is 3.98. The molecule has 0 aliphatic carbocycles. The van der Waals surface area contributed by atoms with Gasteiger partial charge in [-0.15, -0.1) is 0 Å². The van der Waals surface area contributed by atoms with Crippen LogP contribution in [0.4, 0.5) is 4.39 Å². The molecule has 20 heavy (non-hydrogen) atoms. The molecule has 2 rings (SSSR count). The van der Waals surface area contributed by atoms with Crippen LogP contribution in [0, 0.1) is 5.82 Å². The first-order valence-corrected chi connectivity index (χ1v) is 6.16. The van der Waals surface area contributed by atoms with Crippen LogP contribution in [0.5, 0.6) is 0 Å². The van der Waals surface area contributed by atoms with Gasteiger partial charge < -0.3 is 9.67 Å². The van der Waals surface area contributed by atoms with Crippen LogP contribution in [0.2, 0.25) is 0 Å². The minimum absolute atomic E-state index is 0.0233. The molecule has 0 aliphatic rings. The molecule has 0 atom stereocenters. The first-order chi connectivity index (χ1) is 9.49. The summed E-state index contributed by atoms with van der Waals surface area (Å²) in [4.78, 5) is 15.8. The van der Waals surface area contributed by atoms with Gasteiger partial charge in [0, 0.05) is 13.5 Å². The maximum atomic E-state index is 12.8. The minimum atomic E-state index is -0.383. The maximum Gasteiger partial charge on any atom is 0.230 e. The molecule has 0 saturated carbocycles. The average molecular weight is 274 g/mol. The van der Waals surface area contributed by atoms with Crippen molar-refractivity contribution in [2.45, 2.75) is 12.8 Å². The van der Waals surface area contributed by atoms with E-state index in [1.807, 2.05) is 0 Å². The summed E-state index contributed by atoms with van der Waals surface area (Å²) in [5.41, 5.74) is 0.494. The fourth-order valence-corrected chi connectivity index (χ4v) is 1.81. The summed E-state index contributed by atoms with van der Waals surface area (Å²) in [7, 11) is 1.66. The zero-order valence-electron chi connectivity index (χ0n) is 11.1. The first-order valence-electron chi connectivity index (χ1n) is 6.16. The van der Waals surface area contributed by atoms with Crippen molar-refractivity contribution in [3.8, 4) is 0 Å². The predicted molar refractivity (Wildman–Crippen MR) is 75.0 cm³/mol. The van der Waals surface area contributed by atoms with Crippen LogP contribution in [0.3, 0.4) is 0 Å². The highest BCUT2D eigenvalue weighted by Crippen LogP contribution is 2.08. The number of aromatic nitrogens is 2.